The summed E-state index contributed by atoms with van der Waals surface area (Å²) < 4.78 is 17.4. The van der Waals surface area contributed by atoms with Gasteiger partial charge in [0.05, 0.1) is 35.9 Å². The first-order valence-electron chi connectivity index (χ1n) is 9.55. The number of rotatable bonds is 4. The number of ether oxygens (including phenoxy) is 2. The molecule has 0 radical (unpaired) electrons. The average Bonchev–Trinajstić information content (AvgIpc) is 3.35. The second-order valence-corrected chi connectivity index (χ2v) is 10.1. The summed E-state index contributed by atoms with van der Waals surface area (Å²) in [5.41, 5.74) is 2.26. The van der Waals surface area contributed by atoms with Crippen LogP contribution in [0.1, 0.15) is 11.9 Å². The van der Waals surface area contributed by atoms with E-state index in [4.69, 9.17) is 9.47 Å². The molecule has 3 aromatic rings. The molecule has 162 valence electrons. The summed E-state index contributed by atoms with van der Waals surface area (Å²) in [6.45, 7) is 2.07. The van der Waals surface area contributed by atoms with Crippen LogP contribution in [0.2, 0.25) is 0 Å². The average molecular weight is 475 g/mol. The fourth-order valence-corrected chi connectivity index (χ4v) is 6.27. The number of benzene rings is 1. The van der Waals surface area contributed by atoms with E-state index in [-0.39, 0.29) is 5.56 Å². The summed E-state index contributed by atoms with van der Waals surface area (Å²) in [6, 6.07) is 3.97. The van der Waals surface area contributed by atoms with Crippen LogP contribution in [-0.4, -0.2) is 30.7 Å². The summed E-state index contributed by atoms with van der Waals surface area (Å²) in [5, 5.41) is 4.26. The lowest BCUT2D eigenvalue weighted by atomic mass is 10.3. The highest BCUT2D eigenvalue weighted by molar-refractivity contribution is 8.06. The van der Waals surface area contributed by atoms with Crippen LogP contribution in [0.25, 0.3) is 22.4 Å². The molecule has 0 bridgehead atoms. The summed E-state index contributed by atoms with van der Waals surface area (Å²) in [7, 11) is 9.14. The molecule has 0 saturated heterocycles. The largest absolute Gasteiger partial charge is 0.493 e. The number of thiazole rings is 2. The van der Waals surface area contributed by atoms with E-state index in [0.29, 0.717) is 16.0 Å². The zero-order valence-corrected chi connectivity index (χ0v) is 20.7. The predicted octanol–water partition coefficient (Wildman–Crippen LogP) is 2.49. The number of nitrogens with zero attached hydrogens (tertiary/aromatic N) is 3. The van der Waals surface area contributed by atoms with Gasteiger partial charge in [0.1, 0.15) is 16.4 Å². The molecule has 0 fully saturated rings. The van der Waals surface area contributed by atoms with Gasteiger partial charge in [-0.2, -0.15) is 4.57 Å². The predicted molar refractivity (Wildman–Crippen MR) is 130 cm³/mol. The molecule has 1 aliphatic rings. The zero-order chi connectivity index (χ0) is 22.3. The minimum absolute atomic E-state index is 0.00975. The van der Waals surface area contributed by atoms with Crippen LogP contribution >= 0.6 is 34.4 Å². The molecular formula is C22H24N3O3S3+. The lowest BCUT2D eigenvalue weighted by molar-refractivity contribution is -0.642. The van der Waals surface area contributed by atoms with Gasteiger partial charge in [-0.05, 0) is 24.5 Å². The summed E-state index contributed by atoms with van der Waals surface area (Å²) in [6.07, 6.45) is 5.98. The molecule has 1 aliphatic heterocycles. The minimum Gasteiger partial charge on any atom is -0.493 e. The van der Waals surface area contributed by atoms with Gasteiger partial charge in [-0.15, -0.1) is 11.3 Å². The molecule has 2 aromatic heterocycles. The Morgan fingerprint density at radius 3 is 2.42 bits per heavy atom. The molecule has 3 heterocycles. The van der Waals surface area contributed by atoms with Gasteiger partial charge in [-0.1, -0.05) is 23.1 Å². The van der Waals surface area contributed by atoms with Crippen LogP contribution in [-0.2, 0) is 14.1 Å². The Kier molecular flexibility index (Phi) is 6.00. The van der Waals surface area contributed by atoms with E-state index < -0.39 is 0 Å². The van der Waals surface area contributed by atoms with Crippen molar-refractivity contribution >= 4 is 56.8 Å². The van der Waals surface area contributed by atoms with E-state index in [2.05, 4.69) is 27.9 Å². The summed E-state index contributed by atoms with van der Waals surface area (Å²) >= 11 is 4.81. The Balaban J connectivity index is 1.80. The molecule has 0 spiro atoms. The third-order valence-electron chi connectivity index (χ3n) is 5.27. The third-order valence-corrected chi connectivity index (χ3v) is 8.66. The number of fused-ring (bicyclic) bond motifs is 1. The molecule has 0 unspecified atom stereocenters. The Morgan fingerprint density at radius 2 is 1.77 bits per heavy atom. The number of thioether (sulfide) groups is 1. The Bertz CT molecular complexity index is 1410. The van der Waals surface area contributed by atoms with E-state index in [1.54, 1.807) is 41.9 Å². The number of aryl methyl sites for hydroxylation is 1. The van der Waals surface area contributed by atoms with Crippen molar-refractivity contribution < 1.29 is 14.0 Å². The van der Waals surface area contributed by atoms with E-state index in [1.165, 1.54) is 17.0 Å². The molecule has 31 heavy (non-hydrogen) atoms. The third kappa shape index (κ3) is 3.93. The van der Waals surface area contributed by atoms with Crippen molar-refractivity contribution in [2.75, 3.05) is 21.3 Å². The highest BCUT2D eigenvalue weighted by Crippen LogP contribution is 2.34. The van der Waals surface area contributed by atoms with Gasteiger partial charge < -0.3 is 18.9 Å². The smallest absolute Gasteiger partial charge is 0.268 e. The molecular weight excluding hydrogens is 450 g/mol. The Labute approximate surface area is 192 Å². The number of aromatic nitrogens is 2. The van der Waals surface area contributed by atoms with E-state index in [1.807, 2.05) is 45.4 Å². The van der Waals surface area contributed by atoms with Gasteiger partial charge >= 0.3 is 0 Å². The van der Waals surface area contributed by atoms with Crippen molar-refractivity contribution in [2.24, 2.45) is 14.1 Å². The molecule has 9 heteroatoms. The van der Waals surface area contributed by atoms with Gasteiger partial charge in [0.2, 0.25) is 5.52 Å². The highest BCUT2D eigenvalue weighted by atomic mass is 32.2. The first-order valence-corrected chi connectivity index (χ1v) is 12.1. The Morgan fingerprint density at radius 1 is 1.06 bits per heavy atom. The van der Waals surface area contributed by atoms with Crippen LogP contribution in [0.15, 0.2) is 39.1 Å². The van der Waals surface area contributed by atoms with E-state index in [9.17, 15) is 4.79 Å². The van der Waals surface area contributed by atoms with Crippen molar-refractivity contribution in [3.05, 3.63) is 58.9 Å². The second kappa shape index (κ2) is 8.57. The van der Waals surface area contributed by atoms with Gasteiger partial charge in [-0.25, -0.2) is 0 Å². The van der Waals surface area contributed by atoms with Crippen LogP contribution in [0.4, 0.5) is 0 Å². The van der Waals surface area contributed by atoms with E-state index in [0.717, 1.165) is 24.9 Å². The van der Waals surface area contributed by atoms with Crippen LogP contribution < -0.4 is 28.8 Å². The summed E-state index contributed by atoms with van der Waals surface area (Å²) in [5.74, 6) is 1.40. The number of methoxy groups -OCH3 is 2. The lowest BCUT2D eigenvalue weighted by Crippen LogP contribution is -2.31. The molecule has 0 saturated carbocycles. The summed E-state index contributed by atoms with van der Waals surface area (Å²) in [4.78, 5) is 14.9. The normalized spacial score (nSPS) is 16.6. The van der Waals surface area contributed by atoms with Gasteiger partial charge in [0.15, 0.2) is 11.5 Å². The van der Waals surface area contributed by atoms with E-state index >= 15 is 0 Å². The standard InChI is InChI=1S/C22H24N3O3S3/c1-13-12-29-19(23(13)2)8-7-17-22(26)25(4)21(30-17)11-20-24(3)14-9-15(27-5)16(28-6)10-18(14)31-20/h7-12H,1-6H3/q+1/b17-7?,19-8+. The molecule has 0 N–H and O–H groups in total. The fourth-order valence-electron chi connectivity index (χ4n) is 3.22. The van der Waals surface area contributed by atoms with Gasteiger partial charge in [0, 0.05) is 25.9 Å². The SMILES string of the molecule is COc1cc2sc(C=c3sc(=C/C=C4/SC=C(C)N4C)c(=O)n3C)[n+](C)c2cc1OC. The quantitative estimate of drug-likeness (QED) is 0.544. The van der Waals surface area contributed by atoms with Crippen molar-refractivity contribution in [1.82, 2.24) is 9.47 Å². The molecule has 0 amide bonds. The highest BCUT2D eigenvalue weighted by Gasteiger charge is 2.19. The van der Waals surface area contributed by atoms with Crippen molar-refractivity contribution in [3.63, 3.8) is 0 Å². The van der Waals surface area contributed by atoms with Crippen molar-refractivity contribution in [1.29, 1.82) is 0 Å². The fraction of sp³-hybridized carbons (Fsp3) is 0.273. The van der Waals surface area contributed by atoms with Crippen molar-refractivity contribution in [3.8, 4) is 11.5 Å². The van der Waals surface area contributed by atoms with Crippen LogP contribution in [0.3, 0.4) is 0 Å². The monoisotopic (exact) mass is 474 g/mol. The molecule has 1 aromatic carbocycles. The first-order chi connectivity index (χ1) is 14.8. The van der Waals surface area contributed by atoms with Gasteiger partial charge in [0.25, 0.3) is 10.6 Å². The van der Waals surface area contributed by atoms with Gasteiger partial charge in [-0.3, -0.25) is 4.79 Å². The molecule has 0 aliphatic carbocycles. The van der Waals surface area contributed by atoms with Crippen LogP contribution in [0.5, 0.6) is 11.5 Å². The molecule has 0 atom stereocenters. The number of allylic oxidation sites excluding steroid dienone is 2. The topological polar surface area (TPSA) is 47.6 Å². The van der Waals surface area contributed by atoms with Crippen molar-refractivity contribution in [2.45, 2.75) is 6.92 Å². The molecule has 6 nitrogen and oxygen atoms in total. The zero-order valence-electron chi connectivity index (χ0n) is 18.3. The second-order valence-electron chi connectivity index (χ2n) is 7.09. The maximum absolute atomic E-state index is 12.8. The maximum Gasteiger partial charge on any atom is 0.268 e. The molecule has 4 rings (SSSR count). The first kappa shape index (κ1) is 21.7. The maximum atomic E-state index is 12.8. The van der Waals surface area contributed by atoms with Crippen LogP contribution in [0, 0.1) is 0 Å². The lowest BCUT2D eigenvalue weighted by Gasteiger charge is -2.13. The Hall–Kier alpha value is -2.49. The minimum atomic E-state index is 0.00975. The number of hydrogen-bond donors (Lipinski definition) is 0. The number of hydrogen-bond acceptors (Lipinski definition) is 7.